The van der Waals surface area contributed by atoms with E-state index < -0.39 is 0 Å². The van der Waals surface area contributed by atoms with Crippen molar-refractivity contribution in [2.45, 2.75) is 25.9 Å². The van der Waals surface area contributed by atoms with E-state index in [2.05, 4.69) is 44.7 Å². The topological polar surface area (TPSA) is 71.3 Å². The number of benzene rings is 3. The van der Waals surface area contributed by atoms with E-state index in [1.54, 1.807) is 12.1 Å². The van der Waals surface area contributed by atoms with Crippen LogP contribution in [0.3, 0.4) is 0 Å². The largest absolute Gasteiger partial charge is 0.416 e. The molecule has 0 unspecified atom stereocenters. The van der Waals surface area contributed by atoms with Crippen LogP contribution < -0.4 is 5.32 Å². The van der Waals surface area contributed by atoms with Crippen molar-refractivity contribution >= 4 is 5.91 Å². The Morgan fingerprint density at radius 2 is 1.39 bits per heavy atom. The highest BCUT2D eigenvalue weighted by Gasteiger charge is 2.13. The second-order valence-electron chi connectivity index (χ2n) is 8.34. The molecule has 0 aliphatic carbocycles. The number of nitrogens with one attached hydrogen (secondary N) is 1. The molecule has 0 saturated carbocycles. The normalized spacial score (nSPS) is 13.8. The molecule has 1 fully saturated rings. The number of hydrogen-bond acceptors (Lipinski definition) is 5. The standard InChI is InChI=1S/C27H26N4O2/c32-25(28-18-20-8-10-21(11-9-20)19-31-16-4-5-17-31)22-12-14-24(15-13-22)27-30-29-26(33-27)23-6-2-1-3-7-23/h1-3,6-15H,4-5,16-19H2,(H,28,32). The van der Waals surface area contributed by atoms with Crippen molar-refractivity contribution in [1.82, 2.24) is 20.4 Å². The second kappa shape index (κ2) is 9.79. The van der Waals surface area contributed by atoms with Gasteiger partial charge in [-0.2, -0.15) is 0 Å². The van der Waals surface area contributed by atoms with E-state index in [0.717, 1.165) is 23.2 Å². The van der Waals surface area contributed by atoms with Gasteiger partial charge in [0.15, 0.2) is 0 Å². The van der Waals surface area contributed by atoms with Gasteiger partial charge in [0.1, 0.15) is 0 Å². The van der Waals surface area contributed by atoms with Crippen molar-refractivity contribution in [3.8, 4) is 22.9 Å². The van der Waals surface area contributed by atoms with Gasteiger partial charge in [0.05, 0.1) is 0 Å². The Kier molecular flexibility index (Phi) is 6.26. The quantitative estimate of drug-likeness (QED) is 0.443. The van der Waals surface area contributed by atoms with Crippen LogP contribution >= 0.6 is 0 Å². The lowest BCUT2D eigenvalue weighted by atomic mass is 10.1. The maximum absolute atomic E-state index is 12.6. The Bertz CT molecular complexity index is 1200. The van der Waals surface area contributed by atoms with Crippen molar-refractivity contribution in [3.05, 3.63) is 95.6 Å². The summed E-state index contributed by atoms with van der Waals surface area (Å²) in [6, 6.07) is 25.3. The van der Waals surface area contributed by atoms with Gasteiger partial charge in [0, 0.05) is 29.8 Å². The molecule has 5 rings (SSSR count). The first-order valence-electron chi connectivity index (χ1n) is 11.3. The Morgan fingerprint density at radius 1 is 0.788 bits per heavy atom. The van der Waals surface area contributed by atoms with Gasteiger partial charge in [-0.25, -0.2) is 0 Å². The molecule has 1 aliphatic rings. The highest BCUT2D eigenvalue weighted by molar-refractivity contribution is 5.94. The van der Waals surface area contributed by atoms with Crippen molar-refractivity contribution in [2.24, 2.45) is 0 Å². The van der Waals surface area contributed by atoms with E-state index >= 15 is 0 Å². The lowest BCUT2D eigenvalue weighted by Crippen LogP contribution is -2.22. The number of nitrogens with zero attached hydrogens (tertiary/aromatic N) is 3. The fourth-order valence-electron chi connectivity index (χ4n) is 4.05. The smallest absolute Gasteiger partial charge is 0.251 e. The third kappa shape index (κ3) is 5.18. The third-order valence-electron chi connectivity index (χ3n) is 5.92. The van der Waals surface area contributed by atoms with Crippen molar-refractivity contribution < 1.29 is 9.21 Å². The van der Waals surface area contributed by atoms with Gasteiger partial charge >= 0.3 is 0 Å². The molecule has 1 aromatic heterocycles. The lowest BCUT2D eigenvalue weighted by molar-refractivity contribution is 0.0951. The lowest BCUT2D eigenvalue weighted by Gasteiger charge is -2.14. The first kappa shape index (κ1) is 21.1. The third-order valence-corrected chi connectivity index (χ3v) is 5.92. The van der Waals surface area contributed by atoms with Gasteiger partial charge in [-0.15, -0.1) is 10.2 Å². The summed E-state index contributed by atoms with van der Waals surface area (Å²) < 4.78 is 5.79. The molecule has 1 saturated heterocycles. The zero-order chi connectivity index (χ0) is 22.5. The van der Waals surface area contributed by atoms with E-state index in [9.17, 15) is 4.79 Å². The summed E-state index contributed by atoms with van der Waals surface area (Å²) in [5, 5.41) is 11.2. The van der Waals surface area contributed by atoms with Gasteiger partial charge in [0.25, 0.3) is 5.91 Å². The molecule has 33 heavy (non-hydrogen) atoms. The van der Waals surface area contributed by atoms with E-state index in [1.165, 1.54) is 31.5 Å². The molecule has 1 N–H and O–H groups in total. The summed E-state index contributed by atoms with van der Waals surface area (Å²) in [4.78, 5) is 15.1. The minimum absolute atomic E-state index is 0.113. The molecule has 0 bridgehead atoms. The molecule has 6 heteroatoms. The second-order valence-corrected chi connectivity index (χ2v) is 8.34. The van der Waals surface area contributed by atoms with E-state index in [1.807, 2.05) is 42.5 Å². The van der Waals surface area contributed by atoms with Gasteiger partial charge in [-0.3, -0.25) is 9.69 Å². The van der Waals surface area contributed by atoms with Crippen LogP contribution in [0.4, 0.5) is 0 Å². The molecular formula is C27H26N4O2. The van der Waals surface area contributed by atoms with E-state index in [4.69, 9.17) is 4.42 Å². The number of likely N-dealkylation sites (tertiary alicyclic amines) is 1. The Labute approximate surface area is 193 Å². The number of hydrogen-bond donors (Lipinski definition) is 1. The average molecular weight is 439 g/mol. The summed E-state index contributed by atoms with van der Waals surface area (Å²) in [7, 11) is 0. The summed E-state index contributed by atoms with van der Waals surface area (Å²) >= 11 is 0. The Hall–Kier alpha value is -3.77. The van der Waals surface area contributed by atoms with Crippen LogP contribution in [0.1, 0.15) is 34.3 Å². The van der Waals surface area contributed by atoms with Gasteiger partial charge in [0.2, 0.25) is 11.8 Å². The number of rotatable bonds is 7. The highest BCUT2D eigenvalue weighted by Crippen LogP contribution is 2.24. The number of aromatic nitrogens is 2. The molecule has 6 nitrogen and oxygen atoms in total. The molecule has 2 heterocycles. The van der Waals surface area contributed by atoms with E-state index in [0.29, 0.717) is 23.9 Å². The Morgan fingerprint density at radius 3 is 2.06 bits per heavy atom. The minimum atomic E-state index is -0.113. The maximum Gasteiger partial charge on any atom is 0.251 e. The maximum atomic E-state index is 12.6. The zero-order valence-electron chi connectivity index (χ0n) is 18.4. The molecule has 4 aromatic rings. The van der Waals surface area contributed by atoms with Crippen LogP contribution in [0.15, 0.2) is 83.3 Å². The van der Waals surface area contributed by atoms with Gasteiger partial charge in [-0.1, -0.05) is 42.5 Å². The van der Waals surface area contributed by atoms with Gasteiger partial charge < -0.3 is 9.73 Å². The van der Waals surface area contributed by atoms with Crippen molar-refractivity contribution in [2.75, 3.05) is 13.1 Å². The molecule has 0 spiro atoms. The van der Waals surface area contributed by atoms with Crippen LogP contribution in [-0.2, 0) is 13.1 Å². The van der Waals surface area contributed by atoms with Crippen molar-refractivity contribution in [3.63, 3.8) is 0 Å². The van der Waals surface area contributed by atoms with Crippen LogP contribution in [-0.4, -0.2) is 34.1 Å². The zero-order valence-corrected chi connectivity index (χ0v) is 18.4. The van der Waals surface area contributed by atoms with Crippen LogP contribution in [0.5, 0.6) is 0 Å². The SMILES string of the molecule is O=C(NCc1ccc(CN2CCCC2)cc1)c1ccc(-c2nnc(-c3ccccc3)o2)cc1. The summed E-state index contributed by atoms with van der Waals surface area (Å²) in [5.74, 6) is 0.784. The van der Waals surface area contributed by atoms with Crippen LogP contribution in [0, 0.1) is 0 Å². The van der Waals surface area contributed by atoms with E-state index in [-0.39, 0.29) is 5.91 Å². The number of carbonyl (C=O) groups excluding carboxylic acids is 1. The summed E-state index contributed by atoms with van der Waals surface area (Å²) in [6.45, 7) is 3.88. The molecule has 0 atom stereocenters. The Balaban J connectivity index is 1.17. The fourth-order valence-corrected chi connectivity index (χ4v) is 4.05. The first-order chi connectivity index (χ1) is 16.2. The monoisotopic (exact) mass is 438 g/mol. The molecular weight excluding hydrogens is 412 g/mol. The van der Waals surface area contributed by atoms with Gasteiger partial charge in [-0.05, 0) is 73.5 Å². The molecule has 166 valence electrons. The number of carbonyl (C=O) groups is 1. The van der Waals surface area contributed by atoms with Crippen LogP contribution in [0.2, 0.25) is 0 Å². The average Bonchev–Trinajstić information content (AvgIpc) is 3.57. The highest BCUT2D eigenvalue weighted by atomic mass is 16.4. The summed E-state index contributed by atoms with van der Waals surface area (Å²) in [5.41, 5.74) is 4.64. The van der Waals surface area contributed by atoms with Crippen LogP contribution in [0.25, 0.3) is 22.9 Å². The molecule has 1 amide bonds. The first-order valence-corrected chi connectivity index (χ1v) is 11.3. The summed E-state index contributed by atoms with van der Waals surface area (Å²) in [6.07, 6.45) is 2.60. The fraction of sp³-hybridized carbons (Fsp3) is 0.222. The molecule has 1 aliphatic heterocycles. The molecule has 3 aromatic carbocycles. The predicted octanol–water partition coefficient (Wildman–Crippen LogP) is 4.93. The predicted molar refractivity (Wildman–Crippen MR) is 127 cm³/mol. The number of amides is 1. The van der Waals surface area contributed by atoms with Crippen molar-refractivity contribution in [1.29, 1.82) is 0 Å². The minimum Gasteiger partial charge on any atom is -0.416 e. The molecule has 0 radical (unpaired) electrons.